The van der Waals surface area contributed by atoms with Gasteiger partial charge in [-0.15, -0.1) is 0 Å². The number of nitrogens with one attached hydrogen (secondary N) is 2. The number of hydrogen-bond acceptors (Lipinski definition) is 8. The molecule has 0 bridgehead atoms. The number of nitrogens with zero attached hydrogens (tertiary/aromatic N) is 1. The largest absolute Gasteiger partial charge is 0.486 e. The third kappa shape index (κ3) is 5.24. The molecule has 2 aromatic carbocycles. The zero-order valence-corrected chi connectivity index (χ0v) is 20.3. The number of fused-ring (bicyclic) bond motifs is 2. The Bertz CT molecular complexity index is 1350. The molecule has 1 aliphatic heterocycles. The van der Waals surface area contributed by atoms with Crippen molar-refractivity contribution in [3.05, 3.63) is 53.0 Å². The van der Waals surface area contributed by atoms with Crippen molar-refractivity contribution in [2.45, 2.75) is 23.5 Å². The molecule has 10 nitrogen and oxygen atoms in total. The molecule has 0 aliphatic carbocycles. The molecule has 2 heterocycles. The summed E-state index contributed by atoms with van der Waals surface area (Å²) in [5, 5.41) is 2.76. The van der Waals surface area contributed by atoms with Crippen molar-refractivity contribution in [1.82, 2.24) is 14.6 Å². The fourth-order valence-corrected chi connectivity index (χ4v) is 5.23. The van der Waals surface area contributed by atoms with Gasteiger partial charge in [0.25, 0.3) is 0 Å². The highest BCUT2D eigenvalue weighted by molar-refractivity contribution is 7.98. The third-order valence-electron chi connectivity index (χ3n) is 5.37. The molecule has 0 unspecified atom stereocenters. The monoisotopic (exact) mass is 507 g/mol. The fraction of sp³-hybridized carbons (Fsp3) is 0.364. The predicted molar refractivity (Wildman–Crippen MR) is 128 cm³/mol. The molecule has 3 aromatic rings. The van der Waals surface area contributed by atoms with Crippen LogP contribution >= 0.6 is 11.8 Å². The lowest BCUT2D eigenvalue weighted by Gasteiger charge is -2.27. The first-order valence-corrected chi connectivity index (χ1v) is 13.4. The van der Waals surface area contributed by atoms with E-state index in [1.54, 1.807) is 12.1 Å². The van der Waals surface area contributed by atoms with Crippen LogP contribution in [-0.2, 0) is 21.9 Å². The summed E-state index contributed by atoms with van der Waals surface area (Å²) in [5.74, 6) is 0.750. The van der Waals surface area contributed by atoms with Crippen molar-refractivity contribution in [3.8, 4) is 11.5 Å². The summed E-state index contributed by atoms with van der Waals surface area (Å²) in [7, 11) is -2.53. The number of carbonyl (C=O) groups excluding carboxylic acids is 1. The maximum absolute atomic E-state index is 13.0. The van der Waals surface area contributed by atoms with Gasteiger partial charge >= 0.3 is 5.76 Å². The number of amides is 1. The summed E-state index contributed by atoms with van der Waals surface area (Å²) < 4.78 is 46.4. The first-order valence-electron chi connectivity index (χ1n) is 10.6. The molecule has 1 amide bonds. The van der Waals surface area contributed by atoms with E-state index in [0.29, 0.717) is 29.2 Å². The molecule has 0 fully saturated rings. The van der Waals surface area contributed by atoms with Gasteiger partial charge in [-0.1, -0.05) is 12.1 Å². The van der Waals surface area contributed by atoms with E-state index < -0.39 is 33.8 Å². The summed E-state index contributed by atoms with van der Waals surface area (Å²) in [6.45, 7) is 0.423. The number of aryl methyl sites for hydroxylation is 1. The molecular weight excluding hydrogens is 482 g/mol. The van der Waals surface area contributed by atoms with Gasteiger partial charge in [0.1, 0.15) is 18.8 Å². The lowest BCUT2D eigenvalue weighted by Crippen LogP contribution is -2.50. The van der Waals surface area contributed by atoms with Crippen LogP contribution in [0.2, 0.25) is 0 Å². The average Bonchev–Trinajstić information content (AvgIpc) is 3.12. The molecule has 4 rings (SSSR count). The molecule has 12 heteroatoms. The molecule has 0 radical (unpaired) electrons. The molecule has 2 N–H and O–H groups in total. The maximum atomic E-state index is 13.0. The number of para-hydroxylation sites is 2. The highest BCUT2D eigenvalue weighted by Crippen LogP contribution is 2.30. The van der Waals surface area contributed by atoms with Crippen LogP contribution in [0.15, 0.2) is 56.6 Å². The Balaban J connectivity index is 1.44. The number of sulfonamides is 1. The molecule has 0 spiro atoms. The van der Waals surface area contributed by atoms with Gasteiger partial charge in [-0.3, -0.25) is 9.36 Å². The normalized spacial score (nSPS) is 16.4. The van der Waals surface area contributed by atoms with Crippen LogP contribution in [0, 0.1) is 0 Å². The van der Waals surface area contributed by atoms with E-state index in [4.69, 9.17) is 13.9 Å². The van der Waals surface area contributed by atoms with Gasteiger partial charge in [-0.05, 0) is 42.7 Å². The van der Waals surface area contributed by atoms with Crippen LogP contribution in [-0.4, -0.2) is 56.2 Å². The molecule has 0 saturated heterocycles. The lowest BCUT2D eigenvalue weighted by atomic mass is 10.2. The van der Waals surface area contributed by atoms with Gasteiger partial charge in [0, 0.05) is 13.1 Å². The van der Waals surface area contributed by atoms with Gasteiger partial charge in [-0.25, -0.2) is 13.2 Å². The number of aromatic nitrogens is 1. The number of hydrogen-bond donors (Lipinski definition) is 2. The molecule has 34 heavy (non-hydrogen) atoms. The minimum atomic E-state index is -4.06. The maximum Gasteiger partial charge on any atom is 0.419 e. The van der Waals surface area contributed by atoms with Gasteiger partial charge < -0.3 is 19.2 Å². The molecular formula is C22H25N3O7S2. The van der Waals surface area contributed by atoms with E-state index in [9.17, 15) is 18.0 Å². The van der Waals surface area contributed by atoms with Gasteiger partial charge in [0.05, 0.1) is 17.0 Å². The summed E-state index contributed by atoms with van der Waals surface area (Å²) in [6, 6.07) is 10.4. The zero-order chi connectivity index (χ0) is 24.3. The first-order chi connectivity index (χ1) is 16.3. The average molecular weight is 508 g/mol. The fourth-order valence-electron chi connectivity index (χ4n) is 3.52. The zero-order valence-electron chi connectivity index (χ0n) is 18.6. The van der Waals surface area contributed by atoms with E-state index in [2.05, 4.69) is 10.0 Å². The summed E-state index contributed by atoms with van der Waals surface area (Å²) in [6.07, 6.45) is 1.76. The van der Waals surface area contributed by atoms with E-state index in [0.717, 1.165) is 0 Å². The Morgan fingerprint density at radius 1 is 1.24 bits per heavy atom. The Morgan fingerprint density at radius 2 is 2.00 bits per heavy atom. The third-order valence-corrected chi connectivity index (χ3v) is 7.48. The van der Waals surface area contributed by atoms with Crippen LogP contribution < -0.4 is 25.3 Å². The lowest BCUT2D eigenvalue weighted by molar-refractivity contribution is -0.123. The van der Waals surface area contributed by atoms with Crippen molar-refractivity contribution >= 4 is 38.8 Å². The van der Waals surface area contributed by atoms with Crippen LogP contribution in [0.5, 0.6) is 11.5 Å². The van der Waals surface area contributed by atoms with Crippen molar-refractivity contribution in [2.75, 3.05) is 25.2 Å². The van der Waals surface area contributed by atoms with Gasteiger partial charge in [0.15, 0.2) is 17.1 Å². The molecule has 2 atom stereocenters. The number of ether oxygens (including phenoxy) is 2. The quantitative estimate of drug-likeness (QED) is 0.446. The number of benzene rings is 2. The number of rotatable bonds is 9. The van der Waals surface area contributed by atoms with E-state index in [1.165, 1.54) is 41.6 Å². The number of oxazole rings is 1. The van der Waals surface area contributed by atoms with E-state index >= 15 is 0 Å². The molecule has 1 aromatic heterocycles. The SMILES string of the molecule is CSCC[C@@H](NS(=O)(=O)c1ccc2c(c1)oc(=O)n2C)C(=O)NC[C@@H]1COc2ccccc2O1. The second kappa shape index (κ2) is 10.1. The van der Waals surface area contributed by atoms with Gasteiger partial charge in [-0.2, -0.15) is 16.5 Å². The minimum Gasteiger partial charge on any atom is -0.486 e. The van der Waals surface area contributed by atoms with E-state index in [-0.39, 0.29) is 23.6 Å². The van der Waals surface area contributed by atoms with Crippen LogP contribution in [0.25, 0.3) is 11.1 Å². The summed E-state index contributed by atoms with van der Waals surface area (Å²) in [5.41, 5.74) is 0.618. The Morgan fingerprint density at radius 3 is 2.76 bits per heavy atom. The summed E-state index contributed by atoms with van der Waals surface area (Å²) >= 11 is 1.50. The van der Waals surface area contributed by atoms with Crippen molar-refractivity contribution in [3.63, 3.8) is 0 Å². The molecule has 1 aliphatic rings. The second-order valence-electron chi connectivity index (χ2n) is 7.75. The Labute approximate surface area is 200 Å². The smallest absolute Gasteiger partial charge is 0.419 e. The van der Waals surface area contributed by atoms with Crippen molar-refractivity contribution in [2.24, 2.45) is 7.05 Å². The van der Waals surface area contributed by atoms with Crippen LogP contribution in [0.4, 0.5) is 0 Å². The predicted octanol–water partition coefficient (Wildman–Crippen LogP) is 1.49. The molecule has 0 saturated carbocycles. The van der Waals surface area contributed by atoms with Crippen LogP contribution in [0.3, 0.4) is 0 Å². The van der Waals surface area contributed by atoms with Crippen molar-refractivity contribution < 1.29 is 27.1 Å². The highest BCUT2D eigenvalue weighted by atomic mass is 32.2. The number of carbonyl (C=O) groups is 1. The van der Waals surface area contributed by atoms with Crippen LogP contribution in [0.1, 0.15) is 6.42 Å². The number of thioether (sulfide) groups is 1. The standard InChI is InChI=1S/C22H25N3O7S2/c1-25-17-8-7-15(11-20(17)32-22(25)27)34(28,29)24-16(9-10-33-2)21(26)23-12-14-13-30-18-5-3-4-6-19(18)31-14/h3-8,11,14,16,24H,9-10,12-13H2,1-2H3,(H,23,26)/t14-,16-/m1/s1. The second-order valence-corrected chi connectivity index (χ2v) is 10.5. The minimum absolute atomic E-state index is 0.100. The Kier molecular flexibility index (Phi) is 7.19. The van der Waals surface area contributed by atoms with E-state index in [1.807, 2.05) is 18.4 Å². The topological polar surface area (TPSA) is 129 Å². The highest BCUT2D eigenvalue weighted by Gasteiger charge is 2.28. The first kappa shape index (κ1) is 24.2. The summed E-state index contributed by atoms with van der Waals surface area (Å²) in [4.78, 5) is 24.5. The molecule has 182 valence electrons. The Hall–Kier alpha value is -2.96. The van der Waals surface area contributed by atoms with Gasteiger partial charge in [0.2, 0.25) is 15.9 Å². The van der Waals surface area contributed by atoms with Crippen molar-refractivity contribution in [1.29, 1.82) is 0 Å².